The fraction of sp³-hybridized carbons (Fsp3) is 0.467. The Morgan fingerprint density at radius 1 is 1.11 bits per heavy atom. The predicted molar refractivity (Wildman–Crippen MR) is 81.7 cm³/mol. The maximum atomic E-state index is 4.34. The van der Waals surface area contributed by atoms with Gasteiger partial charge in [0.1, 0.15) is 11.6 Å². The topological polar surface area (TPSA) is 30.7 Å². The summed E-state index contributed by atoms with van der Waals surface area (Å²) < 4.78 is 2.23. The van der Waals surface area contributed by atoms with Crippen molar-refractivity contribution in [1.82, 2.24) is 14.8 Å². The predicted octanol–water partition coefficient (Wildman–Crippen LogP) is 3.79. The maximum Gasteiger partial charge on any atom is 0.143 e. The van der Waals surface area contributed by atoms with Crippen LogP contribution in [-0.4, -0.2) is 14.8 Å². The zero-order valence-electron chi connectivity index (χ0n) is 11.8. The molecule has 0 aliphatic rings. The lowest BCUT2D eigenvalue weighted by atomic mass is 10.0. The molecule has 0 amide bonds. The van der Waals surface area contributed by atoms with Gasteiger partial charge < -0.3 is 4.57 Å². The first-order valence-corrected chi connectivity index (χ1v) is 7.81. The van der Waals surface area contributed by atoms with Crippen molar-refractivity contribution in [2.24, 2.45) is 0 Å². The summed E-state index contributed by atoms with van der Waals surface area (Å²) in [4.78, 5) is 0. The second-order valence-electron chi connectivity index (χ2n) is 4.91. The van der Waals surface area contributed by atoms with Crippen molar-refractivity contribution in [1.29, 1.82) is 0 Å². The molecule has 0 saturated heterocycles. The molecule has 1 aromatic carbocycles. The van der Waals surface area contributed by atoms with Crippen molar-refractivity contribution in [2.45, 2.75) is 45.5 Å². The van der Waals surface area contributed by atoms with E-state index in [1.165, 1.54) is 16.7 Å². The number of hydrogen-bond acceptors (Lipinski definition) is 2. The lowest BCUT2D eigenvalue weighted by Gasteiger charge is -2.09. The van der Waals surface area contributed by atoms with Crippen molar-refractivity contribution >= 4 is 15.9 Å². The van der Waals surface area contributed by atoms with Crippen LogP contribution in [-0.2, 0) is 18.3 Å². The van der Waals surface area contributed by atoms with Crippen LogP contribution in [0.3, 0.4) is 0 Å². The second kappa shape index (κ2) is 6.33. The number of aryl methyl sites for hydroxylation is 2. The molecule has 0 aliphatic heterocycles. The van der Waals surface area contributed by atoms with E-state index in [1.54, 1.807) is 0 Å². The van der Waals surface area contributed by atoms with Crippen LogP contribution in [0.5, 0.6) is 0 Å². The molecule has 1 aromatic heterocycles. The number of aromatic nitrogens is 3. The lowest BCUT2D eigenvalue weighted by molar-refractivity contribution is 0.628. The minimum atomic E-state index is 0.757. The monoisotopic (exact) mass is 321 g/mol. The highest BCUT2D eigenvalue weighted by atomic mass is 79.9. The van der Waals surface area contributed by atoms with Crippen LogP contribution in [0.4, 0.5) is 0 Å². The van der Waals surface area contributed by atoms with E-state index >= 15 is 0 Å². The Hall–Kier alpha value is -1.16. The van der Waals surface area contributed by atoms with E-state index in [9.17, 15) is 0 Å². The van der Waals surface area contributed by atoms with Crippen molar-refractivity contribution < 1.29 is 0 Å². The zero-order valence-corrected chi connectivity index (χ0v) is 13.4. The van der Waals surface area contributed by atoms with Gasteiger partial charge in [0, 0.05) is 13.0 Å². The van der Waals surface area contributed by atoms with Gasteiger partial charge in [-0.05, 0) is 37.0 Å². The van der Waals surface area contributed by atoms with E-state index in [-0.39, 0.29) is 0 Å². The van der Waals surface area contributed by atoms with E-state index in [0.717, 1.165) is 36.4 Å². The van der Waals surface area contributed by atoms with Gasteiger partial charge in [0.2, 0.25) is 0 Å². The average Bonchev–Trinajstić information content (AvgIpc) is 2.77. The van der Waals surface area contributed by atoms with Crippen LogP contribution in [0.25, 0.3) is 0 Å². The van der Waals surface area contributed by atoms with Crippen molar-refractivity contribution in [3.05, 3.63) is 46.5 Å². The molecule has 0 bridgehead atoms. The number of alkyl halides is 1. The number of hydrogen-bond donors (Lipinski definition) is 0. The smallest absolute Gasteiger partial charge is 0.143 e. The number of rotatable bonds is 5. The van der Waals surface area contributed by atoms with Gasteiger partial charge in [-0.25, -0.2) is 0 Å². The van der Waals surface area contributed by atoms with Gasteiger partial charge in [0.15, 0.2) is 0 Å². The Morgan fingerprint density at radius 2 is 1.84 bits per heavy atom. The summed E-state index contributed by atoms with van der Waals surface area (Å²) in [6.07, 6.45) is 1.94. The third-order valence-electron chi connectivity index (χ3n) is 3.40. The molecule has 2 rings (SSSR count). The number of benzene rings is 1. The minimum Gasteiger partial charge on any atom is -0.314 e. The van der Waals surface area contributed by atoms with E-state index in [2.05, 4.69) is 69.7 Å². The maximum absolute atomic E-state index is 4.34. The Kier molecular flexibility index (Phi) is 4.75. The fourth-order valence-electron chi connectivity index (χ4n) is 2.18. The third kappa shape index (κ3) is 3.24. The second-order valence-corrected chi connectivity index (χ2v) is 5.47. The van der Waals surface area contributed by atoms with Crippen LogP contribution in [0, 0.1) is 13.8 Å². The molecule has 0 spiro atoms. The van der Waals surface area contributed by atoms with E-state index in [1.807, 2.05) is 0 Å². The molecular formula is C15H20BrN3. The lowest BCUT2D eigenvalue weighted by Crippen LogP contribution is -2.07. The molecule has 0 aliphatic carbocycles. The van der Waals surface area contributed by atoms with Gasteiger partial charge in [-0.15, -0.1) is 10.2 Å². The highest BCUT2D eigenvalue weighted by molar-refractivity contribution is 9.08. The van der Waals surface area contributed by atoms with Crippen molar-refractivity contribution in [3.63, 3.8) is 0 Å². The van der Waals surface area contributed by atoms with E-state index in [4.69, 9.17) is 0 Å². The highest BCUT2D eigenvalue weighted by Gasteiger charge is 2.11. The summed E-state index contributed by atoms with van der Waals surface area (Å²) in [5, 5.41) is 9.35. The molecule has 0 radical (unpaired) electrons. The number of nitrogens with zero attached hydrogens (tertiary/aromatic N) is 3. The molecule has 1 heterocycles. The van der Waals surface area contributed by atoms with Crippen LogP contribution in [0.2, 0.25) is 0 Å². The summed E-state index contributed by atoms with van der Waals surface area (Å²) in [6, 6.07) is 6.60. The molecule has 0 N–H and O–H groups in total. The van der Waals surface area contributed by atoms with Gasteiger partial charge in [0.05, 0.1) is 5.33 Å². The van der Waals surface area contributed by atoms with Crippen LogP contribution in [0.15, 0.2) is 18.2 Å². The van der Waals surface area contributed by atoms with Gasteiger partial charge in [-0.3, -0.25) is 0 Å². The zero-order chi connectivity index (χ0) is 13.8. The molecule has 2 aromatic rings. The van der Waals surface area contributed by atoms with Crippen molar-refractivity contribution in [3.8, 4) is 0 Å². The average molecular weight is 322 g/mol. The third-order valence-corrected chi connectivity index (χ3v) is 3.91. The molecule has 102 valence electrons. The fourth-order valence-corrected chi connectivity index (χ4v) is 2.59. The van der Waals surface area contributed by atoms with Crippen molar-refractivity contribution in [2.75, 3.05) is 0 Å². The summed E-state index contributed by atoms with van der Waals surface area (Å²) >= 11 is 3.47. The van der Waals surface area contributed by atoms with Gasteiger partial charge >= 0.3 is 0 Å². The van der Waals surface area contributed by atoms with Gasteiger partial charge in [-0.1, -0.05) is 41.1 Å². The number of halogens is 1. The summed E-state index contributed by atoms with van der Waals surface area (Å²) in [5.74, 6) is 2.07. The van der Waals surface area contributed by atoms with Gasteiger partial charge in [0.25, 0.3) is 0 Å². The molecule has 3 nitrogen and oxygen atoms in total. The normalized spacial score (nSPS) is 10.9. The molecule has 0 fully saturated rings. The van der Waals surface area contributed by atoms with Crippen LogP contribution in [0.1, 0.15) is 41.7 Å². The molecular weight excluding hydrogens is 302 g/mol. The quantitative estimate of drug-likeness (QED) is 0.784. The first kappa shape index (κ1) is 14.3. The summed E-state index contributed by atoms with van der Waals surface area (Å²) in [5.41, 5.74) is 3.97. The highest BCUT2D eigenvalue weighted by Crippen LogP contribution is 2.15. The first-order valence-electron chi connectivity index (χ1n) is 6.68. The molecule has 0 unspecified atom stereocenters. The molecule has 0 atom stereocenters. The van der Waals surface area contributed by atoms with Crippen LogP contribution >= 0.6 is 15.9 Å². The summed E-state index contributed by atoms with van der Waals surface area (Å²) in [7, 11) is 0. The first-order chi connectivity index (χ1) is 9.15. The Balaban J connectivity index is 2.27. The minimum absolute atomic E-state index is 0.757. The SMILES string of the molecule is CCCn1c(CBr)nnc1Cc1ccc(C)c(C)c1. The largest absolute Gasteiger partial charge is 0.314 e. The standard InChI is InChI=1S/C15H20BrN3/c1-4-7-19-14(17-18-15(19)10-16)9-13-6-5-11(2)12(3)8-13/h5-6,8H,4,7,9-10H2,1-3H3. The van der Waals surface area contributed by atoms with Gasteiger partial charge in [-0.2, -0.15) is 0 Å². The van der Waals surface area contributed by atoms with Crippen LogP contribution < -0.4 is 0 Å². The Labute approximate surface area is 123 Å². The molecule has 0 saturated carbocycles. The molecule has 4 heteroatoms. The van der Waals surface area contributed by atoms with E-state index in [0.29, 0.717) is 0 Å². The Bertz CT molecular complexity index is 561. The van der Waals surface area contributed by atoms with E-state index < -0.39 is 0 Å². The summed E-state index contributed by atoms with van der Waals surface area (Å²) in [6.45, 7) is 7.45. The molecule has 19 heavy (non-hydrogen) atoms. The Morgan fingerprint density at radius 3 is 2.47 bits per heavy atom.